The van der Waals surface area contributed by atoms with E-state index in [2.05, 4.69) is 52.8 Å². The van der Waals surface area contributed by atoms with Gasteiger partial charge in [0.15, 0.2) is 11.6 Å². The van der Waals surface area contributed by atoms with Crippen LogP contribution in [0, 0.1) is 30.6 Å². The lowest BCUT2D eigenvalue weighted by molar-refractivity contribution is -0.139. The van der Waals surface area contributed by atoms with Crippen LogP contribution in [0.5, 0.6) is 0 Å². The van der Waals surface area contributed by atoms with Gasteiger partial charge in [-0.25, -0.2) is 4.98 Å². The van der Waals surface area contributed by atoms with E-state index in [9.17, 15) is 47.9 Å². The Morgan fingerprint density at radius 2 is 1.16 bits per heavy atom. The molecule has 9 N–H and O–H groups in total. The van der Waals surface area contributed by atoms with E-state index in [0.717, 1.165) is 57.9 Å². The first-order valence-electron chi connectivity index (χ1n) is 30.3. The average molecular weight is 1170 g/mol. The topological polar surface area (TPSA) is 311 Å². The van der Waals surface area contributed by atoms with Crippen molar-refractivity contribution in [2.45, 2.75) is 245 Å². The number of nitrogens with zero attached hydrogens (tertiary/aromatic N) is 3. The Kier molecular flexibility index (Phi) is 25.6. The number of rotatable bonds is 31. The summed E-state index contributed by atoms with van der Waals surface area (Å²) in [6.45, 7) is 22.9. The van der Waals surface area contributed by atoms with Crippen molar-refractivity contribution in [2.24, 2.45) is 23.7 Å². The van der Waals surface area contributed by atoms with E-state index in [1.54, 1.807) is 6.92 Å². The summed E-state index contributed by atoms with van der Waals surface area (Å²) in [5.74, 6) is -5.27. The molecule has 0 bridgehead atoms. The lowest BCUT2D eigenvalue weighted by atomic mass is 9.76. The molecule has 2 aliphatic carbocycles. The van der Waals surface area contributed by atoms with Crippen molar-refractivity contribution in [3.05, 3.63) is 17.8 Å². The van der Waals surface area contributed by atoms with Gasteiger partial charge in [0, 0.05) is 33.0 Å². The van der Waals surface area contributed by atoms with Gasteiger partial charge in [0.05, 0.1) is 5.54 Å². The smallest absolute Gasteiger partial charge is 0.276 e. The molecule has 23 heteroatoms. The van der Waals surface area contributed by atoms with Crippen LogP contribution in [0.15, 0.2) is 10.7 Å². The first kappa shape index (κ1) is 69.4. The lowest BCUT2D eigenvalue weighted by Gasteiger charge is -2.44. The number of aromatic nitrogens is 1. The highest BCUT2D eigenvalue weighted by Gasteiger charge is 2.43. The number of likely N-dealkylation sites (N-methyl/N-ethyl adjacent to an activating group) is 1. The summed E-state index contributed by atoms with van der Waals surface area (Å²) < 4.78 is 5.26. The highest BCUT2D eigenvalue weighted by atomic mass is 16.3. The predicted octanol–water partition coefficient (Wildman–Crippen LogP) is 3.82. The van der Waals surface area contributed by atoms with Crippen LogP contribution < -0.4 is 47.9 Å². The minimum atomic E-state index is -1.64. The molecule has 23 nitrogen and oxygen atoms in total. The normalized spacial score (nSPS) is 18.1. The third kappa shape index (κ3) is 21.5. The van der Waals surface area contributed by atoms with Gasteiger partial charge in [-0.3, -0.25) is 47.9 Å². The van der Waals surface area contributed by atoms with Gasteiger partial charge in [0.25, 0.3) is 5.91 Å². The number of nitrogens with one attached hydrogen (secondary N) is 9. The zero-order chi connectivity index (χ0) is 62.2. The molecular weight excluding hydrogens is 1060 g/mol. The fourth-order valence-electron chi connectivity index (χ4n) is 11.1. The van der Waals surface area contributed by atoms with Gasteiger partial charge < -0.3 is 62.1 Å². The van der Waals surface area contributed by atoms with Crippen LogP contribution in [0.1, 0.15) is 202 Å². The molecule has 3 fully saturated rings. The number of oxazole rings is 1. The third-order valence-electron chi connectivity index (χ3n) is 15.9. The maximum atomic E-state index is 14.4. The maximum absolute atomic E-state index is 14.4. The summed E-state index contributed by atoms with van der Waals surface area (Å²) >= 11 is 0. The Hall–Kier alpha value is -6.13. The summed E-state index contributed by atoms with van der Waals surface area (Å²) in [6.07, 6.45) is 11.9. The van der Waals surface area contributed by atoms with E-state index in [0.29, 0.717) is 44.0 Å². The van der Waals surface area contributed by atoms with Crippen LogP contribution in [0.4, 0.5) is 0 Å². The zero-order valence-corrected chi connectivity index (χ0v) is 52.5. The molecule has 4 rings (SSSR count). The van der Waals surface area contributed by atoms with Gasteiger partial charge in [0.2, 0.25) is 53.2 Å². The largest absolute Gasteiger partial charge is 0.448 e. The summed E-state index contributed by atoms with van der Waals surface area (Å²) in [5.41, 5.74) is -4.85. The first-order chi connectivity index (χ1) is 38.6. The van der Waals surface area contributed by atoms with Gasteiger partial charge in [-0.05, 0) is 144 Å². The van der Waals surface area contributed by atoms with E-state index >= 15 is 0 Å². The molecule has 3 aliphatic rings. The van der Waals surface area contributed by atoms with Gasteiger partial charge in [-0.15, -0.1) is 0 Å². The van der Waals surface area contributed by atoms with Crippen LogP contribution in [0.2, 0.25) is 0 Å². The summed E-state index contributed by atoms with van der Waals surface area (Å²) in [4.78, 5) is 146. The van der Waals surface area contributed by atoms with Crippen LogP contribution in [-0.4, -0.2) is 160 Å². The number of hydrogen-bond donors (Lipinski definition) is 9. The van der Waals surface area contributed by atoms with Crippen molar-refractivity contribution in [1.82, 2.24) is 62.6 Å². The Labute approximate surface area is 492 Å². The quantitative estimate of drug-likeness (QED) is 0.0512. The minimum absolute atomic E-state index is 0.0473. The van der Waals surface area contributed by atoms with Crippen molar-refractivity contribution < 1.29 is 52.4 Å². The van der Waals surface area contributed by atoms with Gasteiger partial charge in [0.1, 0.15) is 53.1 Å². The van der Waals surface area contributed by atoms with E-state index in [1.165, 1.54) is 52.7 Å². The predicted molar refractivity (Wildman–Crippen MR) is 315 cm³/mol. The van der Waals surface area contributed by atoms with Crippen molar-refractivity contribution in [3.8, 4) is 0 Å². The van der Waals surface area contributed by atoms with Crippen LogP contribution >= 0.6 is 0 Å². The number of amides is 10. The number of aryl methyl sites for hydroxylation is 1. The SMILES string of the molecule is Cc1nc(C(=O)N2CCC[C@@H]2C(=O)NC(CCC2CCCCC2)C(=O)NC(CC(C)C)C(=O)NC(C)(C)C(=O)NC(CC(C)C)C(=O)NC(CC(C)C)C(=O)NC(C)(C)C(=O)NC(C)(C)C(=O)NCCC(=O)NC2(CN(C)C)CCC2)co1. The molecule has 0 aromatic carbocycles. The zero-order valence-electron chi connectivity index (χ0n) is 52.5. The average Bonchev–Trinajstić information content (AvgIpc) is 4.30. The molecule has 5 atom stereocenters. The fraction of sp³-hybridized carbons (Fsp3) is 0.783. The Morgan fingerprint density at radius 3 is 1.65 bits per heavy atom. The molecule has 1 aliphatic heterocycles. The Morgan fingerprint density at radius 1 is 0.639 bits per heavy atom. The molecule has 1 saturated heterocycles. The lowest BCUT2D eigenvalue weighted by Crippen LogP contribution is -2.65. The molecule has 468 valence electrons. The molecule has 1 aromatic heterocycles. The third-order valence-corrected chi connectivity index (χ3v) is 15.9. The molecule has 83 heavy (non-hydrogen) atoms. The summed E-state index contributed by atoms with van der Waals surface area (Å²) in [7, 11) is 3.91. The molecule has 0 radical (unpaired) electrons. The number of carbonyl (C=O) groups is 10. The Balaban J connectivity index is 1.41. The molecular formula is C60H102N12O11. The van der Waals surface area contributed by atoms with Crippen LogP contribution in [0.3, 0.4) is 0 Å². The highest BCUT2D eigenvalue weighted by molar-refractivity contribution is 6.00. The van der Waals surface area contributed by atoms with E-state index in [4.69, 9.17) is 4.42 Å². The Bertz CT molecular complexity index is 2420. The minimum Gasteiger partial charge on any atom is -0.448 e. The van der Waals surface area contributed by atoms with Crippen molar-refractivity contribution in [1.29, 1.82) is 0 Å². The van der Waals surface area contributed by atoms with Gasteiger partial charge >= 0.3 is 0 Å². The van der Waals surface area contributed by atoms with Crippen molar-refractivity contribution >= 4 is 59.1 Å². The number of hydrogen-bond acceptors (Lipinski definition) is 13. The van der Waals surface area contributed by atoms with E-state index in [1.807, 2.05) is 60.5 Å². The van der Waals surface area contributed by atoms with Gasteiger partial charge in [-0.2, -0.15) is 0 Å². The fourth-order valence-corrected chi connectivity index (χ4v) is 11.1. The van der Waals surface area contributed by atoms with Crippen LogP contribution in [-0.2, 0) is 43.2 Å². The van der Waals surface area contributed by atoms with E-state index in [-0.39, 0.29) is 67.1 Å². The monoisotopic (exact) mass is 1170 g/mol. The van der Waals surface area contributed by atoms with E-state index < -0.39 is 100.0 Å². The first-order valence-corrected chi connectivity index (χ1v) is 30.3. The summed E-state index contributed by atoms with van der Waals surface area (Å²) in [6, 6.07) is -5.34. The second-order valence-corrected chi connectivity index (χ2v) is 26.8. The molecule has 2 saturated carbocycles. The molecule has 10 amide bonds. The molecule has 1 aromatic rings. The standard InChI is InChI=1S/C60H102N12O11/c1-36(2)31-42(49(75)65-44(33-38(5)6)51(77)69-59(12,13)56(82)70-57(8,9)54(80)61-29-26-47(73)67-60(27-20-28-60)35-71(14)15)66-55(81)58(10,11)68-50(76)43(32-37(3)4)64-48(74)41(25-24-40-21-17-16-18-22-40)63-52(78)46-23-19-30-72(46)53(79)45-34-83-39(7)62-45/h34,36-38,40-44,46H,16-33,35H2,1-15H3,(H,61,80)(H,63,78)(H,64,74)(H,65,75)(H,66,81)(H,67,73)(H,68,76)(H,69,77)(H,70,82)/t41?,42?,43?,44?,46-/m1/s1. The van der Waals surface area contributed by atoms with Crippen molar-refractivity contribution in [3.63, 3.8) is 0 Å². The molecule has 4 unspecified atom stereocenters. The number of likely N-dealkylation sites (tertiary alicyclic amines) is 1. The number of carbonyl (C=O) groups excluding carboxylic acids is 10. The highest BCUT2D eigenvalue weighted by Crippen LogP contribution is 2.32. The van der Waals surface area contributed by atoms with Gasteiger partial charge in [-0.1, -0.05) is 73.6 Å². The molecule has 2 heterocycles. The summed E-state index contributed by atoms with van der Waals surface area (Å²) in [5, 5.41) is 25.5. The van der Waals surface area contributed by atoms with Crippen LogP contribution in [0.25, 0.3) is 0 Å². The second kappa shape index (κ2) is 30.6. The molecule has 0 spiro atoms. The second-order valence-electron chi connectivity index (χ2n) is 26.8. The maximum Gasteiger partial charge on any atom is 0.276 e. The van der Waals surface area contributed by atoms with Crippen molar-refractivity contribution in [2.75, 3.05) is 33.7 Å².